The fourth-order valence-corrected chi connectivity index (χ4v) is 1.33. The lowest BCUT2D eigenvalue weighted by Gasteiger charge is -2.15. The van der Waals surface area contributed by atoms with Gasteiger partial charge in [0.15, 0.2) is 0 Å². The van der Waals surface area contributed by atoms with Gasteiger partial charge in [-0.25, -0.2) is 4.39 Å². The Morgan fingerprint density at radius 1 is 1.27 bits per heavy atom. The van der Waals surface area contributed by atoms with Gasteiger partial charge in [-0.1, -0.05) is 6.07 Å². The maximum Gasteiger partial charge on any atom is 0.123 e. The van der Waals surface area contributed by atoms with Crippen molar-refractivity contribution in [1.29, 1.82) is 0 Å². The maximum atomic E-state index is 12.7. The molecule has 0 amide bonds. The molecule has 0 saturated heterocycles. The molecule has 0 unspecified atom stereocenters. The van der Waals surface area contributed by atoms with Crippen LogP contribution in [0.1, 0.15) is 11.1 Å². The predicted octanol–water partition coefficient (Wildman–Crippen LogP) is 1.90. The molecule has 0 fully saturated rings. The van der Waals surface area contributed by atoms with Crippen LogP contribution in [-0.2, 0) is 17.8 Å². The van der Waals surface area contributed by atoms with Gasteiger partial charge >= 0.3 is 0 Å². The quantitative estimate of drug-likeness (QED) is 0.551. The first-order valence-electron chi connectivity index (χ1n) is 3.71. The van der Waals surface area contributed by atoms with Crippen molar-refractivity contribution in [3.63, 3.8) is 0 Å². The minimum Gasteiger partial charge on any atom is -0.376 e. The van der Waals surface area contributed by atoms with Crippen LogP contribution in [0, 0.1) is 5.82 Å². The van der Waals surface area contributed by atoms with Crippen LogP contribution in [0.2, 0.25) is 0 Å². The number of hydrogen-bond donors (Lipinski definition) is 0. The Morgan fingerprint density at radius 2 is 2.18 bits per heavy atom. The second-order valence-corrected chi connectivity index (χ2v) is 2.72. The number of fused-ring (bicyclic) bond motifs is 1. The highest BCUT2D eigenvalue weighted by Crippen LogP contribution is 2.17. The number of halogens is 1. The van der Waals surface area contributed by atoms with E-state index in [1.165, 1.54) is 6.07 Å². The Kier molecular flexibility index (Phi) is 1.62. The molecule has 1 nitrogen and oxygen atoms in total. The van der Waals surface area contributed by atoms with Gasteiger partial charge in [0.2, 0.25) is 0 Å². The maximum absolute atomic E-state index is 12.7. The van der Waals surface area contributed by atoms with Crippen LogP contribution in [0.4, 0.5) is 4.39 Å². The van der Waals surface area contributed by atoms with Crippen molar-refractivity contribution in [2.24, 2.45) is 0 Å². The molecule has 0 aliphatic carbocycles. The zero-order valence-corrected chi connectivity index (χ0v) is 6.14. The van der Waals surface area contributed by atoms with Crippen molar-refractivity contribution in [2.45, 2.75) is 13.0 Å². The SMILES string of the molecule is Fc1ccc2c(c1)CCOC2. The molecule has 58 valence electrons. The van der Waals surface area contributed by atoms with Gasteiger partial charge < -0.3 is 4.74 Å². The minimum absolute atomic E-state index is 0.148. The normalized spacial score (nSPS) is 16.1. The van der Waals surface area contributed by atoms with Crippen LogP contribution in [-0.4, -0.2) is 6.61 Å². The van der Waals surface area contributed by atoms with E-state index in [1.807, 2.05) is 0 Å². The molecule has 0 spiro atoms. The number of hydrogen-bond acceptors (Lipinski definition) is 1. The molecule has 1 heterocycles. The van der Waals surface area contributed by atoms with Gasteiger partial charge in [0.1, 0.15) is 5.82 Å². The molecule has 0 aromatic heterocycles. The van der Waals surface area contributed by atoms with E-state index in [0.29, 0.717) is 6.61 Å². The van der Waals surface area contributed by atoms with E-state index in [2.05, 4.69) is 0 Å². The zero-order valence-electron chi connectivity index (χ0n) is 6.14. The predicted molar refractivity (Wildman–Crippen MR) is 39.8 cm³/mol. The highest BCUT2D eigenvalue weighted by Gasteiger charge is 2.08. The van der Waals surface area contributed by atoms with Crippen LogP contribution >= 0.6 is 0 Å². The number of benzene rings is 1. The van der Waals surface area contributed by atoms with Gasteiger partial charge in [-0.15, -0.1) is 0 Å². The third-order valence-electron chi connectivity index (χ3n) is 1.94. The first kappa shape index (κ1) is 6.80. The van der Waals surface area contributed by atoms with Gasteiger partial charge in [-0.3, -0.25) is 0 Å². The first-order chi connectivity index (χ1) is 5.36. The molecule has 0 radical (unpaired) electrons. The van der Waals surface area contributed by atoms with Crippen molar-refractivity contribution in [2.75, 3.05) is 6.61 Å². The largest absolute Gasteiger partial charge is 0.376 e. The molecular formula is C9H9FO. The monoisotopic (exact) mass is 152 g/mol. The van der Waals surface area contributed by atoms with Gasteiger partial charge in [0.05, 0.1) is 13.2 Å². The van der Waals surface area contributed by atoms with Crippen molar-refractivity contribution >= 4 is 0 Å². The average molecular weight is 152 g/mol. The summed E-state index contributed by atoms with van der Waals surface area (Å²) in [5.74, 6) is -0.148. The van der Waals surface area contributed by atoms with Crippen LogP contribution in [0.5, 0.6) is 0 Å². The van der Waals surface area contributed by atoms with Crippen molar-refractivity contribution in [3.05, 3.63) is 35.1 Å². The highest BCUT2D eigenvalue weighted by molar-refractivity contribution is 5.28. The van der Waals surface area contributed by atoms with Crippen molar-refractivity contribution in [1.82, 2.24) is 0 Å². The fourth-order valence-electron chi connectivity index (χ4n) is 1.33. The topological polar surface area (TPSA) is 9.23 Å². The number of ether oxygens (including phenoxy) is 1. The van der Waals surface area contributed by atoms with E-state index in [9.17, 15) is 4.39 Å². The Morgan fingerprint density at radius 3 is 3.09 bits per heavy atom. The molecule has 0 atom stereocenters. The summed E-state index contributed by atoms with van der Waals surface area (Å²) in [7, 11) is 0. The molecule has 1 aromatic rings. The number of rotatable bonds is 0. The second kappa shape index (κ2) is 2.62. The van der Waals surface area contributed by atoms with E-state index < -0.39 is 0 Å². The van der Waals surface area contributed by atoms with Crippen LogP contribution < -0.4 is 0 Å². The molecule has 0 bridgehead atoms. The average Bonchev–Trinajstić information content (AvgIpc) is 2.04. The molecule has 1 aliphatic rings. The lowest BCUT2D eigenvalue weighted by atomic mass is 10.0. The minimum atomic E-state index is -0.148. The molecule has 2 rings (SSSR count). The van der Waals surface area contributed by atoms with E-state index in [0.717, 1.165) is 24.2 Å². The molecule has 2 heteroatoms. The Labute approximate surface area is 64.8 Å². The van der Waals surface area contributed by atoms with Crippen LogP contribution in [0.25, 0.3) is 0 Å². The van der Waals surface area contributed by atoms with Crippen molar-refractivity contribution < 1.29 is 9.13 Å². The van der Waals surface area contributed by atoms with Crippen LogP contribution in [0.15, 0.2) is 18.2 Å². The van der Waals surface area contributed by atoms with E-state index in [4.69, 9.17) is 4.74 Å². The van der Waals surface area contributed by atoms with E-state index in [-0.39, 0.29) is 5.82 Å². The summed E-state index contributed by atoms with van der Waals surface area (Å²) in [6, 6.07) is 4.87. The summed E-state index contributed by atoms with van der Waals surface area (Å²) in [5.41, 5.74) is 2.22. The summed E-state index contributed by atoms with van der Waals surface area (Å²) in [6.07, 6.45) is 0.840. The highest BCUT2D eigenvalue weighted by atomic mass is 19.1. The Bertz CT molecular complexity index is 270. The second-order valence-electron chi connectivity index (χ2n) is 2.72. The third-order valence-corrected chi connectivity index (χ3v) is 1.94. The van der Waals surface area contributed by atoms with Gasteiger partial charge in [-0.2, -0.15) is 0 Å². The van der Waals surface area contributed by atoms with Gasteiger partial charge in [0, 0.05) is 0 Å². The smallest absolute Gasteiger partial charge is 0.123 e. The summed E-state index contributed by atoms with van der Waals surface area (Å²) in [5, 5.41) is 0. The summed E-state index contributed by atoms with van der Waals surface area (Å²) in [6.45, 7) is 1.35. The fraction of sp³-hybridized carbons (Fsp3) is 0.333. The summed E-state index contributed by atoms with van der Waals surface area (Å²) < 4.78 is 17.9. The van der Waals surface area contributed by atoms with E-state index >= 15 is 0 Å². The van der Waals surface area contributed by atoms with Crippen LogP contribution in [0.3, 0.4) is 0 Å². The van der Waals surface area contributed by atoms with E-state index in [1.54, 1.807) is 12.1 Å². The Hall–Kier alpha value is -0.890. The molecule has 0 N–H and O–H groups in total. The molecular weight excluding hydrogens is 143 g/mol. The lowest BCUT2D eigenvalue weighted by molar-refractivity contribution is 0.110. The summed E-state index contributed by atoms with van der Waals surface area (Å²) >= 11 is 0. The van der Waals surface area contributed by atoms with Gasteiger partial charge in [-0.05, 0) is 29.7 Å². The van der Waals surface area contributed by atoms with Crippen molar-refractivity contribution in [3.8, 4) is 0 Å². The summed E-state index contributed by atoms with van der Waals surface area (Å²) in [4.78, 5) is 0. The van der Waals surface area contributed by atoms with Gasteiger partial charge in [0.25, 0.3) is 0 Å². The first-order valence-corrected chi connectivity index (χ1v) is 3.71. The molecule has 11 heavy (non-hydrogen) atoms. The lowest BCUT2D eigenvalue weighted by Crippen LogP contribution is -2.09. The molecule has 1 aliphatic heterocycles. The molecule has 1 aromatic carbocycles. The zero-order chi connectivity index (χ0) is 7.68. The molecule has 0 saturated carbocycles. The third kappa shape index (κ3) is 1.26. The Balaban J connectivity index is 2.43. The standard InChI is InChI=1S/C9H9FO/c10-9-2-1-8-6-11-4-3-7(8)5-9/h1-2,5H,3-4,6H2.